The molecule has 25 heavy (non-hydrogen) atoms. The Labute approximate surface area is 133 Å². The fraction of sp³-hybridized carbons (Fsp3) is 0.778. The minimum Gasteiger partial charge on any atom is -0.481 e. The Bertz CT molecular complexity index is 617. The van der Waals surface area contributed by atoms with Gasteiger partial charge in [-0.2, -0.15) is 34.8 Å². The maximum Gasteiger partial charge on any atom is 0.381 e. The number of carbonyl (C=O) groups is 2. The molecule has 0 rings (SSSR count). The number of halogens is 8. The zero-order chi connectivity index (χ0) is 20.4. The number of alkyl halides is 8. The van der Waals surface area contributed by atoms with E-state index in [4.69, 9.17) is 9.66 Å². The van der Waals surface area contributed by atoms with Crippen LogP contribution >= 0.6 is 0 Å². The number of aliphatic carboxylic acids is 1. The van der Waals surface area contributed by atoms with E-state index in [9.17, 15) is 53.1 Å². The number of hydrogen-bond acceptors (Lipinski definition) is 5. The molecule has 0 saturated heterocycles. The molecular weight excluding hydrogens is 404 g/mol. The van der Waals surface area contributed by atoms with E-state index in [0.29, 0.717) is 0 Å². The van der Waals surface area contributed by atoms with Gasteiger partial charge in [0, 0.05) is 0 Å². The minimum atomic E-state index is -6.71. The summed E-state index contributed by atoms with van der Waals surface area (Å²) in [5.74, 6) is -23.9. The molecule has 0 fully saturated rings. The van der Waals surface area contributed by atoms with E-state index in [0.717, 1.165) is 0 Å². The van der Waals surface area contributed by atoms with Gasteiger partial charge in [-0.15, -0.1) is 0 Å². The Morgan fingerprint density at radius 1 is 1.04 bits per heavy atom. The molecule has 2 N–H and O–H groups in total. The number of esters is 1. The first-order valence-corrected chi connectivity index (χ1v) is 7.14. The van der Waals surface area contributed by atoms with Gasteiger partial charge in [0.2, 0.25) is 0 Å². The molecule has 0 aromatic rings. The van der Waals surface area contributed by atoms with Gasteiger partial charge in [0.15, 0.2) is 11.9 Å². The van der Waals surface area contributed by atoms with E-state index >= 15 is 0 Å². The number of hydrogen-bond donors (Lipinski definition) is 2. The van der Waals surface area contributed by atoms with Crippen LogP contribution in [0.1, 0.15) is 6.42 Å². The molecule has 0 aromatic carbocycles. The van der Waals surface area contributed by atoms with Gasteiger partial charge in [-0.3, -0.25) is 14.1 Å². The average molecular weight is 412 g/mol. The third kappa shape index (κ3) is 5.13. The van der Waals surface area contributed by atoms with Crippen molar-refractivity contribution in [1.82, 2.24) is 0 Å². The maximum absolute atomic E-state index is 13.1. The lowest BCUT2D eigenvalue weighted by molar-refractivity contribution is -0.344. The third-order valence-corrected chi connectivity index (χ3v) is 3.61. The van der Waals surface area contributed by atoms with Crippen LogP contribution in [0.2, 0.25) is 0 Å². The summed E-state index contributed by atoms with van der Waals surface area (Å²) in [6.07, 6.45) is -6.96. The largest absolute Gasteiger partial charge is 0.481 e. The van der Waals surface area contributed by atoms with E-state index in [-0.39, 0.29) is 0 Å². The number of carboxylic acids is 1. The van der Waals surface area contributed by atoms with Crippen molar-refractivity contribution in [1.29, 1.82) is 0 Å². The molecule has 0 bridgehead atoms. The summed E-state index contributed by atoms with van der Waals surface area (Å²) in [6, 6.07) is 0. The van der Waals surface area contributed by atoms with Crippen LogP contribution in [0.25, 0.3) is 0 Å². The van der Waals surface area contributed by atoms with Gasteiger partial charge in [-0.25, -0.2) is 8.78 Å². The number of carboxylic acid groups (broad SMARTS) is 1. The summed E-state index contributed by atoms with van der Waals surface area (Å²) < 4.78 is 134. The van der Waals surface area contributed by atoms with Crippen molar-refractivity contribution in [2.45, 2.75) is 35.9 Å². The molecule has 1 unspecified atom stereocenters. The van der Waals surface area contributed by atoms with Crippen LogP contribution in [-0.4, -0.2) is 66.1 Å². The summed E-state index contributed by atoms with van der Waals surface area (Å²) in [5.41, 5.74) is 0. The molecule has 0 spiro atoms. The van der Waals surface area contributed by atoms with Crippen molar-refractivity contribution in [3.8, 4) is 0 Å². The van der Waals surface area contributed by atoms with E-state index in [1.165, 1.54) is 0 Å². The maximum atomic E-state index is 13.1. The molecule has 0 saturated carbocycles. The zero-order valence-corrected chi connectivity index (χ0v) is 12.3. The monoisotopic (exact) mass is 412 g/mol. The Morgan fingerprint density at radius 3 is 1.80 bits per heavy atom. The molecule has 0 heterocycles. The molecule has 0 aliphatic rings. The first-order chi connectivity index (χ1) is 10.9. The summed E-state index contributed by atoms with van der Waals surface area (Å²) in [4.78, 5) is 21.4. The predicted octanol–water partition coefficient (Wildman–Crippen LogP) is 1.43. The Balaban J connectivity index is 5.39. The normalized spacial score (nSPS) is 15.1. The molecule has 0 aliphatic heterocycles. The Kier molecular flexibility index (Phi) is 6.77. The second kappa shape index (κ2) is 7.27. The van der Waals surface area contributed by atoms with Gasteiger partial charge in [0.05, 0.1) is 6.42 Å². The standard InChI is InChI=1S/C9H8F8O7S/c10-6(11)8(14,15)9(16,17)7(12,13)2-24-5(20)3(1-4(18)19)25(21,22)23/h3,6H,1-2H2,(H,18,19)(H,21,22,23). The number of carbonyl (C=O) groups excluding carboxylic acids is 1. The number of ether oxygens (including phenoxy) is 1. The first kappa shape index (κ1) is 23.3. The van der Waals surface area contributed by atoms with Gasteiger partial charge in [-0.05, 0) is 0 Å². The van der Waals surface area contributed by atoms with Crippen LogP contribution in [0.5, 0.6) is 0 Å². The third-order valence-electron chi connectivity index (χ3n) is 2.53. The highest BCUT2D eigenvalue weighted by Gasteiger charge is 2.75. The second-order valence-electron chi connectivity index (χ2n) is 4.41. The second-order valence-corrected chi connectivity index (χ2v) is 6.01. The average Bonchev–Trinajstić information content (AvgIpc) is 2.40. The van der Waals surface area contributed by atoms with Crippen LogP contribution < -0.4 is 0 Å². The molecule has 148 valence electrons. The highest BCUT2D eigenvalue weighted by Crippen LogP contribution is 2.48. The molecule has 0 aromatic heterocycles. The molecule has 7 nitrogen and oxygen atoms in total. The highest BCUT2D eigenvalue weighted by atomic mass is 32.2. The van der Waals surface area contributed by atoms with Crippen LogP contribution in [0.4, 0.5) is 35.1 Å². The minimum absolute atomic E-state index is 1.74. The van der Waals surface area contributed by atoms with Crippen molar-refractivity contribution in [3.63, 3.8) is 0 Å². The van der Waals surface area contributed by atoms with Crippen molar-refractivity contribution in [2.24, 2.45) is 0 Å². The van der Waals surface area contributed by atoms with Crippen LogP contribution in [0.3, 0.4) is 0 Å². The molecule has 16 heteroatoms. The molecular formula is C9H8F8O7S. The van der Waals surface area contributed by atoms with E-state index in [1.807, 2.05) is 0 Å². The summed E-state index contributed by atoms with van der Waals surface area (Å²) in [6.45, 7) is -2.99. The van der Waals surface area contributed by atoms with Crippen LogP contribution in [0, 0.1) is 0 Å². The fourth-order valence-corrected chi connectivity index (χ4v) is 1.86. The Hall–Kier alpha value is -1.71. The van der Waals surface area contributed by atoms with Gasteiger partial charge in [0.25, 0.3) is 10.1 Å². The number of rotatable bonds is 9. The fourth-order valence-electron chi connectivity index (χ4n) is 1.20. The van der Waals surface area contributed by atoms with E-state index in [1.54, 1.807) is 0 Å². The van der Waals surface area contributed by atoms with Gasteiger partial charge < -0.3 is 9.84 Å². The van der Waals surface area contributed by atoms with E-state index in [2.05, 4.69) is 4.74 Å². The summed E-state index contributed by atoms with van der Waals surface area (Å²) in [5, 5.41) is 5.25. The van der Waals surface area contributed by atoms with Crippen molar-refractivity contribution in [2.75, 3.05) is 6.61 Å². The lowest BCUT2D eigenvalue weighted by Crippen LogP contribution is -2.59. The molecule has 0 aliphatic carbocycles. The predicted molar refractivity (Wildman–Crippen MR) is 59.4 cm³/mol. The van der Waals surface area contributed by atoms with Crippen molar-refractivity contribution >= 4 is 22.1 Å². The zero-order valence-electron chi connectivity index (χ0n) is 11.4. The van der Waals surface area contributed by atoms with Gasteiger partial charge in [0.1, 0.15) is 0 Å². The summed E-state index contributed by atoms with van der Waals surface area (Å²) in [7, 11) is -5.56. The lowest BCUT2D eigenvalue weighted by atomic mass is 10.1. The highest BCUT2D eigenvalue weighted by molar-refractivity contribution is 7.87. The van der Waals surface area contributed by atoms with Crippen molar-refractivity contribution < 1.29 is 67.5 Å². The molecule has 0 radical (unpaired) electrons. The van der Waals surface area contributed by atoms with Crippen LogP contribution in [0.15, 0.2) is 0 Å². The first-order valence-electron chi connectivity index (χ1n) is 5.64. The van der Waals surface area contributed by atoms with Gasteiger partial charge >= 0.3 is 36.1 Å². The van der Waals surface area contributed by atoms with Crippen LogP contribution in [-0.2, 0) is 24.4 Å². The lowest BCUT2D eigenvalue weighted by Gasteiger charge is -2.31. The molecule has 0 amide bonds. The van der Waals surface area contributed by atoms with Gasteiger partial charge in [-0.1, -0.05) is 0 Å². The van der Waals surface area contributed by atoms with Crippen molar-refractivity contribution in [3.05, 3.63) is 0 Å². The quantitative estimate of drug-likeness (QED) is 0.334. The Morgan fingerprint density at radius 2 is 1.48 bits per heavy atom. The van der Waals surface area contributed by atoms with E-state index < -0.39 is 64.5 Å². The smallest absolute Gasteiger partial charge is 0.381 e. The summed E-state index contributed by atoms with van der Waals surface area (Å²) >= 11 is 0. The topological polar surface area (TPSA) is 118 Å². The molecule has 1 atom stereocenters. The SMILES string of the molecule is O=C(O)CC(C(=O)OCC(F)(F)C(F)(F)C(F)(F)C(F)F)S(=O)(=O)O.